The van der Waals surface area contributed by atoms with Crippen LogP contribution in [-0.4, -0.2) is 66.5 Å². The van der Waals surface area contributed by atoms with E-state index in [2.05, 4.69) is 28.2 Å². The SMILES string of the molecule is COC(=O)C(CCSC)NC(=O)C(Cc1ccccc1)Oc1ncccc1NCC(N)CS. The molecule has 33 heavy (non-hydrogen) atoms. The van der Waals surface area contributed by atoms with Gasteiger partial charge in [0.1, 0.15) is 6.04 Å². The van der Waals surface area contributed by atoms with Crippen molar-refractivity contribution < 1.29 is 19.1 Å². The first-order chi connectivity index (χ1) is 16.0. The summed E-state index contributed by atoms with van der Waals surface area (Å²) in [5.74, 6) is 0.590. The van der Waals surface area contributed by atoms with Gasteiger partial charge in [-0.25, -0.2) is 9.78 Å². The molecule has 4 N–H and O–H groups in total. The smallest absolute Gasteiger partial charge is 0.328 e. The molecule has 1 heterocycles. The lowest BCUT2D eigenvalue weighted by Crippen LogP contribution is -2.48. The predicted octanol–water partition coefficient (Wildman–Crippen LogP) is 2.15. The molecule has 10 heteroatoms. The van der Waals surface area contributed by atoms with Gasteiger partial charge in [0.2, 0.25) is 5.88 Å². The van der Waals surface area contributed by atoms with Gasteiger partial charge in [-0.3, -0.25) is 4.79 Å². The summed E-state index contributed by atoms with van der Waals surface area (Å²) in [6.45, 7) is 0.472. The monoisotopic (exact) mass is 492 g/mol. The molecule has 0 saturated heterocycles. The number of amides is 1. The summed E-state index contributed by atoms with van der Waals surface area (Å²) in [5, 5.41) is 5.99. The quantitative estimate of drug-likeness (QED) is 0.234. The zero-order valence-electron chi connectivity index (χ0n) is 18.9. The Hall–Kier alpha value is -2.43. The lowest BCUT2D eigenvalue weighted by atomic mass is 10.1. The standard InChI is InChI=1S/C23H32N4O4S2/c1-30-23(29)19(10-12-33-2)27-21(28)20(13-16-7-4-3-5-8-16)31-22-18(9-6-11-25-22)26-14-17(24)15-32/h3-9,11,17,19-20,26,32H,10,12-15,24H2,1-2H3,(H,27,28). The third kappa shape index (κ3) is 9.15. The highest BCUT2D eigenvalue weighted by Crippen LogP contribution is 2.23. The van der Waals surface area contributed by atoms with E-state index in [9.17, 15) is 9.59 Å². The Balaban J connectivity index is 2.24. The van der Waals surface area contributed by atoms with E-state index in [1.807, 2.05) is 36.6 Å². The van der Waals surface area contributed by atoms with E-state index >= 15 is 0 Å². The highest BCUT2D eigenvalue weighted by molar-refractivity contribution is 7.98. The second-order valence-electron chi connectivity index (χ2n) is 7.34. The minimum atomic E-state index is -0.914. The average molecular weight is 493 g/mol. The number of carbonyl (C=O) groups excluding carboxylic acids is 2. The first kappa shape index (κ1) is 26.8. The number of methoxy groups -OCH3 is 1. The van der Waals surface area contributed by atoms with Gasteiger partial charge in [-0.1, -0.05) is 30.3 Å². The van der Waals surface area contributed by atoms with Crippen LogP contribution in [0.5, 0.6) is 5.88 Å². The van der Waals surface area contributed by atoms with Crippen LogP contribution in [-0.2, 0) is 20.7 Å². The van der Waals surface area contributed by atoms with E-state index in [0.29, 0.717) is 36.6 Å². The largest absolute Gasteiger partial charge is 0.467 e. The number of aromatic nitrogens is 1. The molecule has 3 unspecified atom stereocenters. The van der Waals surface area contributed by atoms with Crippen LogP contribution in [0.1, 0.15) is 12.0 Å². The van der Waals surface area contributed by atoms with Crippen molar-refractivity contribution >= 4 is 42.0 Å². The lowest BCUT2D eigenvalue weighted by Gasteiger charge is -2.23. The van der Waals surface area contributed by atoms with Crippen LogP contribution in [0.2, 0.25) is 0 Å². The van der Waals surface area contributed by atoms with Gasteiger partial charge >= 0.3 is 5.97 Å². The maximum absolute atomic E-state index is 13.2. The third-order valence-electron chi connectivity index (χ3n) is 4.78. The number of nitrogens with two attached hydrogens (primary N) is 1. The lowest BCUT2D eigenvalue weighted by molar-refractivity contribution is -0.146. The summed E-state index contributed by atoms with van der Waals surface area (Å²) in [7, 11) is 1.31. The Morgan fingerprint density at radius 3 is 2.64 bits per heavy atom. The first-order valence-corrected chi connectivity index (χ1v) is 12.6. The van der Waals surface area contributed by atoms with Crippen molar-refractivity contribution in [3.05, 3.63) is 54.2 Å². The number of hydrogen-bond acceptors (Lipinski definition) is 9. The van der Waals surface area contributed by atoms with Crippen LogP contribution in [0.15, 0.2) is 48.7 Å². The Labute approximate surface area is 204 Å². The van der Waals surface area contributed by atoms with Gasteiger partial charge < -0.3 is 25.8 Å². The van der Waals surface area contributed by atoms with E-state index < -0.39 is 24.0 Å². The van der Waals surface area contributed by atoms with Crippen molar-refractivity contribution in [1.82, 2.24) is 10.3 Å². The molecule has 0 aliphatic heterocycles. The Kier molecular flexibility index (Phi) is 11.9. The van der Waals surface area contributed by atoms with Crippen molar-refractivity contribution in [1.29, 1.82) is 0 Å². The summed E-state index contributed by atoms with van der Waals surface area (Å²) >= 11 is 5.79. The summed E-state index contributed by atoms with van der Waals surface area (Å²) in [6, 6.07) is 12.2. The van der Waals surface area contributed by atoms with Crippen LogP contribution >= 0.6 is 24.4 Å². The molecule has 1 aromatic heterocycles. The minimum absolute atomic E-state index is 0.151. The van der Waals surface area contributed by atoms with Gasteiger partial charge in [0, 0.05) is 31.0 Å². The zero-order valence-corrected chi connectivity index (χ0v) is 20.6. The van der Waals surface area contributed by atoms with Crippen molar-refractivity contribution in [2.75, 3.05) is 36.7 Å². The van der Waals surface area contributed by atoms with Crippen molar-refractivity contribution in [3.8, 4) is 5.88 Å². The normalized spacial score (nSPS) is 13.5. The number of benzene rings is 1. The number of carbonyl (C=O) groups is 2. The fraction of sp³-hybridized carbons (Fsp3) is 0.435. The molecule has 3 atom stereocenters. The Bertz CT molecular complexity index is 873. The van der Waals surface area contributed by atoms with Crippen LogP contribution in [0, 0.1) is 0 Å². The van der Waals surface area contributed by atoms with Gasteiger partial charge in [0.05, 0.1) is 12.8 Å². The Morgan fingerprint density at radius 1 is 1.21 bits per heavy atom. The molecular weight excluding hydrogens is 460 g/mol. The molecule has 0 fully saturated rings. The topological polar surface area (TPSA) is 116 Å². The molecule has 0 aliphatic carbocycles. The highest BCUT2D eigenvalue weighted by atomic mass is 32.2. The number of esters is 1. The van der Waals surface area contributed by atoms with Gasteiger partial charge in [-0.15, -0.1) is 0 Å². The molecule has 8 nitrogen and oxygen atoms in total. The van der Waals surface area contributed by atoms with Crippen LogP contribution in [0.3, 0.4) is 0 Å². The van der Waals surface area contributed by atoms with Gasteiger partial charge in [-0.2, -0.15) is 24.4 Å². The zero-order chi connectivity index (χ0) is 24.1. The molecule has 1 amide bonds. The number of hydrogen-bond donors (Lipinski definition) is 4. The van der Waals surface area contributed by atoms with E-state index in [4.69, 9.17) is 15.2 Å². The molecular formula is C23H32N4O4S2. The van der Waals surface area contributed by atoms with E-state index in [-0.39, 0.29) is 11.9 Å². The third-order valence-corrected chi connectivity index (χ3v) is 5.90. The molecule has 0 radical (unpaired) electrons. The average Bonchev–Trinajstić information content (AvgIpc) is 2.85. The van der Waals surface area contributed by atoms with E-state index in [0.717, 1.165) is 5.56 Å². The number of rotatable bonds is 14. The van der Waals surface area contributed by atoms with Gasteiger partial charge in [0.25, 0.3) is 5.91 Å². The summed E-state index contributed by atoms with van der Waals surface area (Å²) in [6.07, 6.45) is 3.37. The summed E-state index contributed by atoms with van der Waals surface area (Å²) < 4.78 is 11.0. The highest BCUT2D eigenvalue weighted by Gasteiger charge is 2.28. The van der Waals surface area contributed by atoms with Crippen molar-refractivity contribution in [2.45, 2.75) is 31.0 Å². The first-order valence-electron chi connectivity index (χ1n) is 10.6. The number of anilines is 1. The van der Waals surface area contributed by atoms with Gasteiger partial charge in [-0.05, 0) is 36.1 Å². The number of ether oxygens (including phenoxy) is 2. The van der Waals surface area contributed by atoms with Crippen LogP contribution in [0.4, 0.5) is 5.69 Å². The minimum Gasteiger partial charge on any atom is -0.467 e. The second-order valence-corrected chi connectivity index (χ2v) is 8.69. The summed E-state index contributed by atoms with van der Waals surface area (Å²) in [5.41, 5.74) is 7.48. The van der Waals surface area contributed by atoms with Crippen molar-refractivity contribution in [3.63, 3.8) is 0 Å². The number of nitrogens with zero attached hydrogens (tertiary/aromatic N) is 1. The molecule has 0 aliphatic rings. The van der Waals surface area contributed by atoms with Gasteiger partial charge in [0.15, 0.2) is 6.10 Å². The number of nitrogens with one attached hydrogen (secondary N) is 2. The van der Waals surface area contributed by atoms with E-state index in [1.54, 1.807) is 30.1 Å². The molecule has 0 bridgehead atoms. The molecule has 2 aromatic rings. The predicted molar refractivity (Wildman–Crippen MR) is 136 cm³/mol. The number of thioether (sulfide) groups is 1. The second kappa shape index (κ2) is 14.7. The maximum Gasteiger partial charge on any atom is 0.328 e. The number of pyridine rings is 1. The number of thiol groups is 1. The van der Waals surface area contributed by atoms with Crippen molar-refractivity contribution in [2.24, 2.45) is 5.73 Å². The maximum atomic E-state index is 13.2. The fourth-order valence-corrected chi connectivity index (χ4v) is 3.57. The molecule has 1 aromatic carbocycles. The summed E-state index contributed by atoms with van der Waals surface area (Å²) in [4.78, 5) is 29.7. The molecule has 2 rings (SSSR count). The molecule has 0 spiro atoms. The Morgan fingerprint density at radius 2 is 1.97 bits per heavy atom. The van der Waals surface area contributed by atoms with E-state index in [1.165, 1.54) is 7.11 Å². The molecule has 0 saturated carbocycles. The van der Waals surface area contributed by atoms with Crippen LogP contribution in [0.25, 0.3) is 0 Å². The van der Waals surface area contributed by atoms with Crippen LogP contribution < -0.4 is 21.1 Å². The molecule has 180 valence electrons. The fourth-order valence-electron chi connectivity index (χ4n) is 2.97.